The number of hydrogen-bond acceptors (Lipinski definition) is 3. The van der Waals surface area contributed by atoms with Gasteiger partial charge in [0.1, 0.15) is 11.4 Å². The van der Waals surface area contributed by atoms with Gasteiger partial charge >= 0.3 is 5.69 Å². The summed E-state index contributed by atoms with van der Waals surface area (Å²) in [6.07, 6.45) is 1.28. The number of amides is 1. The van der Waals surface area contributed by atoms with Crippen LogP contribution >= 0.6 is 0 Å². The molecule has 0 aliphatic rings. The summed E-state index contributed by atoms with van der Waals surface area (Å²) >= 11 is 0. The van der Waals surface area contributed by atoms with Crippen LogP contribution in [0.5, 0.6) is 5.75 Å². The normalized spacial score (nSPS) is 10.2. The molecule has 0 aliphatic heterocycles. The highest BCUT2D eigenvalue weighted by atomic mass is 16.3. The molecule has 1 aromatic carbocycles. The van der Waals surface area contributed by atoms with Crippen molar-refractivity contribution in [3.05, 3.63) is 46.1 Å². The average Bonchev–Trinajstić information content (AvgIpc) is 2.70. The van der Waals surface area contributed by atoms with Crippen LogP contribution in [0.3, 0.4) is 0 Å². The van der Waals surface area contributed by atoms with Gasteiger partial charge in [0.05, 0.1) is 0 Å². The number of hydrogen-bond donors (Lipinski definition) is 4. The topological polar surface area (TPSA) is 98.0 Å². The molecule has 0 saturated heterocycles. The van der Waals surface area contributed by atoms with E-state index in [2.05, 4.69) is 15.3 Å². The second kappa shape index (κ2) is 4.17. The molecule has 2 rings (SSSR count). The number of anilines is 1. The molecule has 1 heterocycles. The number of carbonyl (C=O) groups is 1. The molecule has 1 amide bonds. The molecule has 88 valence electrons. The molecule has 0 bridgehead atoms. The van der Waals surface area contributed by atoms with E-state index in [9.17, 15) is 14.7 Å². The molecule has 0 fully saturated rings. The van der Waals surface area contributed by atoms with Gasteiger partial charge in [-0.05, 0) is 18.6 Å². The van der Waals surface area contributed by atoms with Gasteiger partial charge in [0.2, 0.25) is 0 Å². The lowest BCUT2D eigenvalue weighted by Gasteiger charge is -2.05. The minimum atomic E-state index is -0.452. The summed E-state index contributed by atoms with van der Waals surface area (Å²) in [5, 5.41) is 12.0. The Kier molecular flexibility index (Phi) is 2.70. The lowest BCUT2D eigenvalue weighted by molar-refractivity contribution is 0.102. The Balaban J connectivity index is 2.18. The van der Waals surface area contributed by atoms with E-state index in [0.29, 0.717) is 5.69 Å². The number of nitrogens with one attached hydrogen (secondary N) is 3. The third-order valence-corrected chi connectivity index (χ3v) is 2.31. The Morgan fingerprint density at radius 2 is 2.18 bits per heavy atom. The lowest BCUT2D eigenvalue weighted by atomic mass is 10.2. The van der Waals surface area contributed by atoms with Crippen molar-refractivity contribution in [1.29, 1.82) is 0 Å². The zero-order valence-corrected chi connectivity index (χ0v) is 9.07. The monoisotopic (exact) mass is 233 g/mol. The highest BCUT2D eigenvalue weighted by Crippen LogP contribution is 2.20. The second-order valence-electron chi connectivity index (χ2n) is 3.61. The van der Waals surface area contributed by atoms with Crippen molar-refractivity contribution in [2.45, 2.75) is 6.92 Å². The van der Waals surface area contributed by atoms with Crippen molar-refractivity contribution in [2.24, 2.45) is 0 Å². The fourth-order valence-electron chi connectivity index (χ4n) is 1.34. The molecule has 6 nitrogen and oxygen atoms in total. The van der Waals surface area contributed by atoms with Gasteiger partial charge in [0.25, 0.3) is 5.91 Å². The molecule has 0 aliphatic carbocycles. The van der Waals surface area contributed by atoms with Crippen LogP contribution in [0, 0.1) is 6.92 Å². The van der Waals surface area contributed by atoms with Crippen LogP contribution in [0.15, 0.2) is 29.2 Å². The van der Waals surface area contributed by atoms with E-state index in [-0.39, 0.29) is 11.4 Å². The number of phenols is 1. The summed E-state index contributed by atoms with van der Waals surface area (Å²) in [7, 11) is 0. The molecule has 2 aromatic rings. The van der Waals surface area contributed by atoms with Crippen molar-refractivity contribution in [3.8, 4) is 5.75 Å². The van der Waals surface area contributed by atoms with E-state index in [0.717, 1.165) is 5.56 Å². The summed E-state index contributed by atoms with van der Waals surface area (Å²) in [4.78, 5) is 27.1. The quantitative estimate of drug-likeness (QED) is 0.622. The highest BCUT2D eigenvalue weighted by molar-refractivity contribution is 6.02. The number of aromatic amines is 2. The van der Waals surface area contributed by atoms with E-state index in [4.69, 9.17) is 0 Å². The number of rotatable bonds is 2. The molecule has 0 spiro atoms. The standard InChI is InChI=1S/C11H11N3O3/c1-6-2-3-7(4-9(6)15)13-10(16)8-5-12-11(17)14-8/h2-5,15H,1H3,(H,13,16)(H2,12,14,17). The van der Waals surface area contributed by atoms with Crippen molar-refractivity contribution < 1.29 is 9.90 Å². The predicted molar refractivity (Wildman–Crippen MR) is 62.2 cm³/mol. The number of H-pyrrole nitrogens is 2. The van der Waals surface area contributed by atoms with E-state index in [1.165, 1.54) is 12.3 Å². The number of aromatic nitrogens is 2. The van der Waals surface area contributed by atoms with Crippen LogP contribution < -0.4 is 11.0 Å². The van der Waals surface area contributed by atoms with Gasteiger partial charge in [-0.3, -0.25) is 4.79 Å². The zero-order chi connectivity index (χ0) is 12.4. The first kappa shape index (κ1) is 11.0. The van der Waals surface area contributed by atoms with E-state index < -0.39 is 11.6 Å². The van der Waals surface area contributed by atoms with Gasteiger partial charge < -0.3 is 20.4 Å². The van der Waals surface area contributed by atoms with Crippen molar-refractivity contribution in [1.82, 2.24) is 9.97 Å². The number of aryl methyl sites for hydroxylation is 1. The first-order valence-corrected chi connectivity index (χ1v) is 4.95. The Bertz CT molecular complexity index is 612. The third-order valence-electron chi connectivity index (χ3n) is 2.31. The molecule has 0 unspecified atom stereocenters. The molecule has 1 aromatic heterocycles. The summed E-state index contributed by atoms with van der Waals surface area (Å²) < 4.78 is 0. The minimum absolute atomic E-state index is 0.102. The lowest BCUT2D eigenvalue weighted by Crippen LogP contribution is -2.13. The third kappa shape index (κ3) is 2.36. The Morgan fingerprint density at radius 3 is 2.76 bits per heavy atom. The summed E-state index contributed by atoms with van der Waals surface area (Å²) in [6.45, 7) is 1.75. The van der Waals surface area contributed by atoms with Gasteiger partial charge in [-0.15, -0.1) is 0 Å². The predicted octanol–water partition coefficient (Wildman–Crippen LogP) is 0.969. The fraction of sp³-hybridized carbons (Fsp3) is 0.0909. The van der Waals surface area contributed by atoms with E-state index >= 15 is 0 Å². The van der Waals surface area contributed by atoms with Gasteiger partial charge in [-0.25, -0.2) is 4.79 Å². The summed E-state index contributed by atoms with van der Waals surface area (Å²) in [5.41, 5.74) is 0.871. The average molecular weight is 233 g/mol. The maximum atomic E-state index is 11.6. The Hall–Kier alpha value is -2.50. The SMILES string of the molecule is Cc1ccc(NC(=O)c2c[nH]c(=O)[nH]2)cc1O. The van der Waals surface area contributed by atoms with Crippen LogP contribution in [0.4, 0.5) is 5.69 Å². The fourth-order valence-corrected chi connectivity index (χ4v) is 1.34. The molecule has 4 N–H and O–H groups in total. The van der Waals surface area contributed by atoms with Gasteiger partial charge in [0.15, 0.2) is 0 Å². The summed E-state index contributed by atoms with van der Waals surface area (Å²) in [5.74, 6) is -0.350. The molecular formula is C11H11N3O3. The maximum Gasteiger partial charge on any atom is 0.323 e. The van der Waals surface area contributed by atoms with Crippen LogP contribution in [0.2, 0.25) is 0 Å². The van der Waals surface area contributed by atoms with Crippen LogP contribution in [0.25, 0.3) is 0 Å². The second-order valence-corrected chi connectivity index (χ2v) is 3.61. The molecule has 0 saturated carbocycles. The number of imidazole rings is 1. The van der Waals surface area contributed by atoms with Gasteiger partial charge in [-0.1, -0.05) is 6.07 Å². The minimum Gasteiger partial charge on any atom is -0.508 e. The first-order valence-electron chi connectivity index (χ1n) is 4.95. The maximum absolute atomic E-state index is 11.6. The number of phenolic OH excluding ortho intramolecular Hbond substituents is 1. The van der Waals surface area contributed by atoms with Crippen LogP contribution in [-0.4, -0.2) is 21.0 Å². The van der Waals surface area contributed by atoms with Crippen LogP contribution in [-0.2, 0) is 0 Å². The number of aromatic hydroxyl groups is 1. The molecule has 0 radical (unpaired) electrons. The van der Waals surface area contributed by atoms with Crippen LogP contribution in [0.1, 0.15) is 16.1 Å². The van der Waals surface area contributed by atoms with Gasteiger partial charge in [0, 0.05) is 18.0 Å². The van der Waals surface area contributed by atoms with Gasteiger partial charge in [-0.2, -0.15) is 0 Å². The Labute approximate surface area is 96.3 Å². The molecule has 6 heteroatoms. The molecule has 17 heavy (non-hydrogen) atoms. The highest BCUT2D eigenvalue weighted by Gasteiger charge is 2.08. The first-order chi connectivity index (χ1) is 8.06. The van der Waals surface area contributed by atoms with E-state index in [1.807, 2.05) is 0 Å². The smallest absolute Gasteiger partial charge is 0.323 e. The summed E-state index contributed by atoms with van der Waals surface area (Å²) in [6, 6.07) is 4.79. The van der Waals surface area contributed by atoms with Crippen molar-refractivity contribution in [3.63, 3.8) is 0 Å². The van der Waals surface area contributed by atoms with Crippen molar-refractivity contribution in [2.75, 3.05) is 5.32 Å². The molecular weight excluding hydrogens is 222 g/mol. The largest absolute Gasteiger partial charge is 0.508 e. The van der Waals surface area contributed by atoms with E-state index in [1.54, 1.807) is 19.1 Å². The Morgan fingerprint density at radius 1 is 1.41 bits per heavy atom. The van der Waals surface area contributed by atoms with Crippen molar-refractivity contribution >= 4 is 11.6 Å². The zero-order valence-electron chi connectivity index (χ0n) is 9.07. The number of benzene rings is 1. The number of carbonyl (C=O) groups excluding carboxylic acids is 1. The molecule has 0 atom stereocenters.